The number of rotatable bonds is 3. The van der Waals surface area contributed by atoms with Crippen LogP contribution in [0.1, 0.15) is 6.42 Å². The number of fused-ring (bicyclic) bond motifs is 1. The quantitative estimate of drug-likeness (QED) is 0.715. The SMILES string of the molecule is O=C1N(c2cccc3c2cnn3-c2ccccc2F)CCN1[C@H]1CCOC1. The third-order valence-electron chi connectivity index (χ3n) is 5.35. The largest absolute Gasteiger partial charge is 0.379 e. The lowest BCUT2D eigenvalue weighted by Gasteiger charge is -2.23. The predicted octanol–water partition coefficient (Wildman–Crippen LogP) is 3.20. The zero-order valence-corrected chi connectivity index (χ0v) is 14.7. The zero-order valence-electron chi connectivity index (χ0n) is 14.7. The molecule has 5 rings (SSSR count). The summed E-state index contributed by atoms with van der Waals surface area (Å²) in [5.74, 6) is -0.336. The average molecular weight is 366 g/mol. The molecule has 138 valence electrons. The monoisotopic (exact) mass is 366 g/mol. The Morgan fingerprint density at radius 3 is 2.74 bits per heavy atom. The van der Waals surface area contributed by atoms with E-state index in [9.17, 15) is 9.18 Å². The molecule has 0 spiro atoms. The molecule has 3 heterocycles. The summed E-state index contributed by atoms with van der Waals surface area (Å²) < 4.78 is 21.2. The van der Waals surface area contributed by atoms with Crippen molar-refractivity contribution in [2.45, 2.75) is 12.5 Å². The lowest BCUT2D eigenvalue weighted by molar-refractivity contribution is 0.161. The van der Waals surface area contributed by atoms with Crippen molar-refractivity contribution >= 4 is 22.6 Å². The Hall–Kier alpha value is -2.93. The van der Waals surface area contributed by atoms with E-state index in [2.05, 4.69) is 5.10 Å². The second-order valence-corrected chi connectivity index (χ2v) is 6.86. The van der Waals surface area contributed by atoms with E-state index in [1.807, 2.05) is 23.1 Å². The number of anilines is 1. The fourth-order valence-electron chi connectivity index (χ4n) is 3.97. The van der Waals surface area contributed by atoms with Gasteiger partial charge in [0.2, 0.25) is 0 Å². The van der Waals surface area contributed by atoms with Gasteiger partial charge in [0.05, 0.1) is 30.0 Å². The highest BCUT2D eigenvalue weighted by Crippen LogP contribution is 2.32. The van der Waals surface area contributed by atoms with Crippen LogP contribution in [-0.4, -0.2) is 53.1 Å². The van der Waals surface area contributed by atoms with Gasteiger partial charge in [-0.1, -0.05) is 18.2 Å². The van der Waals surface area contributed by atoms with Crippen molar-refractivity contribution in [3.63, 3.8) is 0 Å². The normalized spacial score (nSPS) is 20.2. The molecule has 27 heavy (non-hydrogen) atoms. The summed E-state index contributed by atoms with van der Waals surface area (Å²) in [5, 5.41) is 5.22. The van der Waals surface area contributed by atoms with E-state index < -0.39 is 0 Å². The molecule has 0 N–H and O–H groups in total. The van der Waals surface area contributed by atoms with Gasteiger partial charge in [0, 0.05) is 25.1 Å². The van der Waals surface area contributed by atoms with Gasteiger partial charge in [0.15, 0.2) is 0 Å². The molecule has 1 atom stereocenters. The van der Waals surface area contributed by atoms with Crippen molar-refractivity contribution in [1.82, 2.24) is 14.7 Å². The van der Waals surface area contributed by atoms with Crippen molar-refractivity contribution in [3.8, 4) is 5.69 Å². The van der Waals surface area contributed by atoms with Crippen LogP contribution in [0.4, 0.5) is 14.9 Å². The van der Waals surface area contributed by atoms with Gasteiger partial charge in [0.25, 0.3) is 0 Å². The number of para-hydroxylation sites is 1. The average Bonchev–Trinajstić information content (AvgIpc) is 3.41. The van der Waals surface area contributed by atoms with Gasteiger partial charge in [-0.25, -0.2) is 13.9 Å². The van der Waals surface area contributed by atoms with Crippen LogP contribution in [0.15, 0.2) is 48.7 Å². The topological polar surface area (TPSA) is 50.6 Å². The Morgan fingerprint density at radius 2 is 1.93 bits per heavy atom. The summed E-state index contributed by atoms with van der Waals surface area (Å²) in [4.78, 5) is 16.7. The fraction of sp³-hybridized carbons (Fsp3) is 0.300. The number of aromatic nitrogens is 2. The maximum atomic E-state index is 14.2. The van der Waals surface area contributed by atoms with E-state index in [1.165, 1.54) is 6.07 Å². The van der Waals surface area contributed by atoms with E-state index in [0.29, 0.717) is 32.0 Å². The van der Waals surface area contributed by atoms with E-state index in [4.69, 9.17) is 4.74 Å². The molecule has 1 aromatic heterocycles. The van der Waals surface area contributed by atoms with Gasteiger partial charge in [-0.2, -0.15) is 5.10 Å². The minimum atomic E-state index is -0.336. The Morgan fingerprint density at radius 1 is 1.07 bits per heavy atom. The van der Waals surface area contributed by atoms with Crippen LogP contribution in [0.5, 0.6) is 0 Å². The highest BCUT2D eigenvalue weighted by molar-refractivity contribution is 6.03. The summed E-state index contributed by atoms with van der Waals surface area (Å²) in [6, 6.07) is 12.4. The zero-order chi connectivity index (χ0) is 18.4. The van der Waals surface area contributed by atoms with Crippen molar-refractivity contribution in [1.29, 1.82) is 0 Å². The summed E-state index contributed by atoms with van der Waals surface area (Å²) in [7, 11) is 0. The van der Waals surface area contributed by atoms with E-state index in [0.717, 1.165) is 23.0 Å². The predicted molar refractivity (Wildman–Crippen MR) is 99.7 cm³/mol. The molecular weight excluding hydrogens is 347 g/mol. The summed E-state index contributed by atoms with van der Waals surface area (Å²) in [5.41, 5.74) is 1.97. The highest BCUT2D eigenvalue weighted by atomic mass is 19.1. The summed E-state index contributed by atoms with van der Waals surface area (Å²) in [6.45, 7) is 2.62. The first-order valence-corrected chi connectivity index (χ1v) is 9.11. The molecule has 6 nitrogen and oxygen atoms in total. The number of hydrogen-bond acceptors (Lipinski definition) is 3. The van der Waals surface area contributed by atoms with Crippen molar-refractivity contribution in [2.75, 3.05) is 31.2 Å². The molecule has 0 radical (unpaired) electrons. The maximum absolute atomic E-state index is 14.2. The van der Waals surface area contributed by atoms with E-state index in [1.54, 1.807) is 34.0 Å². The van der Waals surface area contributed by atoms with Gasteiger partial charge < -0.3 is 9.64 Å². The number of hydrogen-bond donors (Lipinski definition) is 0. The number of carbonyl (C=O) groups excluding carboxylic acids is 1. The van der Waals surface area contributed by atoms with Crippen LogP contribution >= 0.6 is 0 Å². The second kappa shape index (κ2) is 6.35. The first kappa shape index (κ1) is 16.3. The second-order valence-electron chi connectivity index (χ2n) is 6.86. The number of nitrogens with zero attached hydrogens (tertiary/aromatic N) is 4. The number of urea groups is 1. The molecule has 0 bridgehead atoms. The van der Waals surface area contributed by atoms with Gasteiger partial charge >= 0.3 is 6.03 Å². The van der Waals surface area contributed by atoms with Crippen LogP contribution in [0.25, 0.3) is 16.6 Å². The molecule has 2 aromatic carbocycles. The fourth-order valence-corrected chi connectivity index (χ4v) is 3.97. The molecule has 0 unspecified atom stereocenters. The van der Waals surface area contributed by atoms with Crippen LogP contribution in [0.3, 0.4) is 0 Å². The van der Waals surface area contributed by atoms with Crippen molar-refractivity contribution in [2.24, 2.45) is 0 Å². The van der Waals surface area contributed by atoms with E-state index >= 15 is 0 Å². The Bertz CT molecular complexity index is 1010. The first-order chi connectivity index (χ1) is 13.2. The minimum absolute atomic E-state index is 0.00311. The molecule has 3 aromatic rings. The molecule has 2 fully saturated rings. The third-order valence-corrected chi connectivity index (χ3v) is 5.35. The summed E-state index contributed by atoms with van der Waals surface area (Å²) in [6.07, 6.45) is 2.58. The molecule has 2 saturated heterocycles. The molecule has 0 aliphatic carbocycles. The van der Waals surface area contributed by atoms with Crippen molar-refractivity contribution in [3.05, 3.63) is 54.5 Å². The van der Waals surface area contributed by atoms with Gasteiger partial charge in [0.1, 0.15) is 11.5 Å². The highest BCUT2D eigenvalue weighted by Gasteiger charge is 2.36. The van der Waals surface area contributed by atoms with Crippen LogP contribution < -0.4 is 4.90 Å². The number of carbonyl (C=O) groups is 1. The van der Waals surface area contributed by atoms with Crippen LogP contribution in [0.2, 0.25) is 0 Å². The number of benzene rings is 2. The van der Waals surface area contributed by atoms with Gasteiger partial charge in [-0.05, 0) is 30.7 Å². The molecular formula is C20H19FN4O2. The smallest absolute Gasteiger partial charge is 0.324 e. The number of halogens is 1. The molecule has 7 heteroatoms. The molecule has 0 saturated carbocycles. The minimum Gasteiger partial charge on any atom is -0.379 e. The molecule has 2 aliphatic heterocycles. The Labute approximate surface area is 155 Å². The number of amides is 2. The molecule has 2 amide bonds. The molecule has 2 aliphatic rings. The van der Waals surface area contributed by atoms with E-state index in [-0.39, 0.29) is 17.9 Å². The van der Waals surface area contributed by atoms with Crippen LogP contribution in [-0.2, 0) is 4.74 Å². The summed E-state index contributed by atoms with van der Waals surface area (Å²) >= 11 is 0. The standard InChI is InChI=1S/C20H19FN4O2/c21-16-4-1-2-5-19(16)25-18-7-3-6-17(15(18)12-22-25)24-10-9-23(20(24)26)14-8-11-27-13-14/h1-7,12,14H,8-11,13H2/t14-/m0/s1. The third kappa shape index (κ3) is 2.57. The first-order valence-electron chi connectivity index (χ1n) is 9.11. The van der Waals surface area contributed by atoms with Crippen molar-refractivity contribution < 1.29 is 13.9 Å². The van der Waals surface area contributed by atoms with Gasteiger partial charge in [-0.15, -0.1) is 0 Å². The number of ether oxygens (including phenoxy) is 1. The maximum Gasteiger partial charge on any atom is 0.324 e. The van der Waals surface area contributed by atoms with Crippen LogP contribution in [0, 0.1) is 5.82 Å². The lowest BCUT2D eigenvalue weighted by atomic mass is 10.2. The Kier molecular flexibility index (Phi) is 3.82. The van der Waals surface area contributed by atoms with Gasteiger partial charge in [-0.3, -0.25) is 4.90 Å². The lowest BCUT2D eigenvalue weighted by Crippen LogP contribution is -2.39. The Balaban J connectivity index is 1.54.